The number of nitrogens with zero attached hydrogens (tertiary/aromatic N) is 3. The highest BCUT2D eigenvalue weighted by molar-refractivity contribution is 7.85. The molecule has 0 unspecified atom stereocenters. The second-order valence-corrected chi connectivity index (χ2v) is 11.5. The van der Waals surface area contributed by atoms with Crippen molar-refractivity contribution < 1.29 is 45.1 Å². The average molecular weight is 647 g/mol. The van der Waals surface area contributed by atoms with Crippen LogP contribution in [0.5, 0.6) is 17.4 Å². The summed E-state index contributed by atoms with van der Waals surface area (Å²) in [6.45, 7) is 4.17. The number of benzene rings is 1. The number of pyridine rings is 2. The molecule has 2 heterocycles. The number of aliphatic hydroxyl groups is 1. The summed E-state index contributed by atoms with van der Waals surface area (Å²) in [5.41, 5.74) is -1.95. The van der Waals surface area contributed by atoms with E-state index < -0.39 is 44.6 Å². The van der Waals surface area contributed by atoms with Crippen LogP contribution in [0.1, 0.15) is 38.4 Å². The monoisotopic (exact) mass is 646 g/mol. The Morgan fingerprint density at radius 1 is 1.12 bits per heavy atom. The SMILES string of the molecule is CCCN(C(=O)OS(=O)(=O)NCCc1ccccn1)c1c(OCC(C)(C)O)cccc1Oc1ncc(C(F)(F)F)cc1Cl. The molecule has 11 nitrogen and oxygen atoms in total. The van der Waals surface area contributed by atoms with Gasteiger partial charge >= 0.3 is 22.6 Å². The molecule has 0 spiro atoms. The molecular formula is C27H30ClF3N4O7S. The topological polar surface area (TPSA) is 140 Å². The second kappa shape index (κ2) is 14.2. The molecule has 0 atom stereocenters. The zero-order valence-corrected chi connectivity index (χ0v) is 25.0. The number of aromatic nitrogens is 2. The van der Waals surface area contributed by atoms with Gasteiger partial charge in [0.05, 0.1) is 11.2 Å². The predicted molar refractivity (Wildman–Crippen MR) is 152 cm³/mol. The van der Waals surface area contributed by atoms with Crippen molar-refractivity contribution in [3.05, 3.63) is 71.1 Å². The molecule has 3 rings (SSSR count). The number of hydrogen-bond acceptors (Lipinski definition) is 9. The zero-order chi connectivity index (χ0) is 31.8. The first-order valence-corrected chi connectivity index (χ1v) is 14.7. The number of nitrogens with one attached hydrogen (secondary N) is 1. The molecule has 0 bridgehead atoms. The van der Waals surface area contributed by atoms with Crippen molar-refractivity contribution in [2.24, 2.45) is 0 Å². The highest BCUT2D eigenvalue weighted by Crippen LogP contribution is 2.42. The summed E-state index contributed by atoms with van der Waals surface area (Å²) in [5, 5.41) is 9.72. The number of anilines is 1. The molecule has 0 radical (unpaired) electrons. The summed E-state index contributed by atoms with van der Waals surface area (Å²) in [4.78, 5) is 22.0. The summed E-state index contributed by atoms with van der Waals surface area (Å²) in [6, 6.07) is 9.99. The largest absolute Gasteiger partial charge is 0.488 e. The van der Waals surface area contributed by atoms with Gasteiger partial charge in [0.1, 0.15) is 23.1 Å². The quantitative estimate of drug-likeness (QED) is 0.246. The number of rotatable bonds is 13. The van der Waals surface area contributed by atoms with Gasteiger partial charge in [-0.2, -0.15) is 26.3 Å². The van der Waals surface area contributed by atoms with Crippen molar-refractivity contribution >= 4 is 33.7 Å². The fraction of sp³-hybridized carbons (Fsp3) is 0.370. The zero-order valence-electron chi connectivity index (χ0n) is 23.4. The van der Waals surface area contributed by atoms with E-state index in [2.05, 4.69) is 14.7 Å². The Kier molecular flexibility index (Phi) is 11.2. The van der Waals surface area contributed by atoms with E-state index in [-0.39, 0.29) is 43.3 Å². The molecule has 0 aliphatic carbocycles. The number of amides is 1. The van der Waals surface area contributed by atoms with Gasteiger partial charge < -0.3 is 18.8 Å². The van der Waals surface area contributed by atoms with Crippen LogP contribution in [0.4, 0.5) is 23.7 Å². The summed E-state index contributed by atoms with van der Waals surface area (Å²) >= 11 is 6.03. The number of halogens is 4. The fourth-order valence-corrected chi connectivity index (χ4v) is 4.41. The maximum absolute atomic E-state index is 13.3. The third-order valence-electron chi connectivity index (χ3n) is 5.39. The first-order chi connectivity index (χ1) is 20.1. The van der Waals surface area contributed by atoms with Crippen molar-refractivity contribution in [3.63, 3.8) is 0 Å². The molecule has 234 valence electrons. The van der Waals surface area contributed by atoms with Crippen LogP contribution in [-0.2, 0) is 27.1 Å². The van der Waals surface area contributed by atoms with Crippen molar-refractivity contribution in [1.29, 1.82) is 0 Å². The minimum atomic E-state index is -4.70. The van der Waals surface area contributed by atoms with E-state index in [1.165, 1.54) is 32.0 Å². The number of hydrogen-bond donors (Lipinski definition) is 2. The number of carbonyl (C=O) groups is 1. The third-order valence-corrected chi connectivity index (χ3v) is 6.58. The van der Waals surface area contributed by atoms with Crippen molar-refractivity contribution in [1.82, 2.24) is 14.7 Å². The first-order valence-electron chi connectivity index (χ1n) is 12.9. The van der Waals surface area contributed by atoms with Crippen molar-refractivity contribution in [2.75, 3.05) is 24.6 Å². The molecule has 16 heteroatoms. The van der Waals surface area contributed by atoms with Crippen LogP contribution < -0.4 is 19.1 Å². The number of para-hydroxylation sites is 1. The van der Waals surface area contributed by atoms with Gasteiger partial charge in [-0.3, -0.25) is 9.88 Å². The fourth-order valence-electron chi connectivity index (χ4n) is 3.52. The van der Waals surface area contributed by atoms with E-state index in [9.17, 15) is 31.5 Å². The minimum Gasteiger partial charge on any atom is -0.488 e. The van der Waals surface area contributed by atoms with Gasteiger partial charge in [-0.1, -0.05) is 30.7 Å². The normalized spacial score (nSPS) is 12.1. The van der Waals surface area contributed by atoms with Gasteiger partial charge in [0.15, 0.2) is 5.75 Å². The Labute approximate surface area is 251 Å². The molecule has 0 aliphatic heterocycles. The van der Waals surface area contributed by atoms with Crippen molar-refractivity contribution in [3.8, 4) is 17.4 Å². The molecule has 0 fully saturated rings. The highest BCUT2D eigenvalue weighted by atomic mass is 35.5. The molecule has 0 saturated carbocycles. The molecule has 0 aliphatic rings. The van der Waals surface area contributed by atoms with E-state index in [0.29, 0.717) is 24.4 Å². The van der Waals surface area contributed by atoms with Crippen LogP contribution in [-0.4, -0.2) is 54.9 Å². The Hall–Kier alpha value is -3.66. The van der Waals surface area contributed by atoms with Crippen LogP contribution in [0.15, 0.2) is 54.9 Å². The van der Waals surface area contributed by atoms with Gasteiger partial charge in [0.2, 0.25) is 5.88 Å². The van der Waals surface area contributed by atoms with Crippen LogP contribution in [0.3, 0.4) is 0 Å². The van der Waals surface area contributed by atoms with Crippen molar-refractivity contribution in [2.45, 2.75) is 45.4 Å². The first kappa shape index (κ1) is 33.8. The maximum Gasteiger partial charge on any atom is 0.431 e. The van der Waals surface area contributed by atoms with Gasteiger partial charge in [-0.15, -0.1) is 0 Å². The lowest BCUT2D eigenvalue weighted by atomic mass is 10.1. The second-order valence-electron chi connectivity index (χ2n) is 9.74. The summed E-state index contributed by atoms with van der Waals surface area (Å²) in [6.07, 6.45) is -3.43. The Morgan fingerprint density at radius 2 is 1.84 bits per heavy atom. The summed E-state index contributed by atoms with van der Waals surface area (Å²) < 4.78 is 83.1. The molecule has 2 N–H and O–H groups in total. The van der Waals surface area contributed by atoms with Crippen LogP contribution in [0, 0.1) is 0 Å². The Morgan fingerprint density at radius 3 is 2.44 bits per heavy atom. The molecule has 43 heavy (non-hydrogen) atoms. The van der Waals surface area contributed by atoms with E-state index in [0.717, 1.165) is 4.90 Å². The molecule has 3 aromatic rings. The lowest BCUT2D eigenvalue weighted by Crippen LogP contribution is -2.38. The van der Waals surface area contributed by atoms with Gasteiger partial charge in [0.25, 0.3) is 0 Å². The summed E-state index contributed by atoms with van der Waals surface area (Å²) in [5.74, 6) is -0.633. The Bertz CT molecular complexity index is 1500. The standard InChI is InChI=1S/C27H30ClF3N4O7S/c1-4-14-35(25(36)42-43(38,39)34-13-11-19-8-5-6-12-32-19)23-21(40-17-26(2,3)37)9-7-10-22(23)41-24-20(28)15-18(16-33-24)27(29,30)31/h5-10,12,15-16,34,37H,4,11,13-14,17H2,1-3H3. The van der Waals surface area contributed by atoms with Gasteiger partial charge in [0, 0.05) is 37.6 Å². The highest BCUT2D eigenvalue weighted by Gasteiger charge is 2.33. The van der Waals surface area contributed by atoms with Crippen LogP contribution in [0.2, 0.25) is 5.02 Å². The maximum atomic E-state index is 13.3. The van der Waals surface area contributed by atoms with E-state index in [1.54, 1.807) is 31.3 Å². The lowest BCUT2D eigenvalue weighted by molar-refractivity contribution is -0.137. The summed E-state index contributed by atoms with van der Waals surface area (Å²) in [7, 11) is -4.60. The molecule has 2 aromatic heterocycles. The van der Waals surface area contributed by atoms with E-state index >= 15 is 0 Å². The van der Waals surface area contributed by atoms with E-state index in [4.69, 9.17) is 25.3 Å². The molecular weight excluding hydrogens is 617 g/mol. The third kappa shape index (κ3) is 10.2. The van der Waals surface area contributed by atoms with Gasteiger partial charge in [-0.05, 0) is 50.6 Å². The van der Waals surface area contributed by atoms with E-state index in [1.807, 2.05) is 0 Å². The van der Waals surface area contributed by atoms with Crippen LogP contribution >= 0.6 is 11.6 Å². The molecule has 0 saturated heterocycles. The molecule has 1 aromatic carbocycles. The number of carbonyl (C=O) groups excluding carboxylic acids is 1. The van der Waals surface area contributed by atoms with Gasteiger partial charge in [-0.25, -0.2) is 9.78 Å². The number of alkyl halides is 3. The minimum absolute atomic E-state index is 0.0337. The molecule has 1 amide bonds. The smallest absolute Gasteiger partial charge is 0.431 e. The Balaban J connectivity index is 1.95. The average Bonchev–Trinajstić information content (AvgIpc) is 2.91. The van der Waals surface area contributed by atoms with Crippen LogP contribution in [0.25, 0.3) is 0 Å². The number of ether oxygens (including phenoxy) is 2. The predicted octanol–water partition coefficient (Wildman–Crippen LogP) is 5.52. The lowest BCUT2D eigenvalue weighted by Gasteiger charge is -2.27.